The molecule has 0 bridgehead atoms. The third kappa shape index (κ3) is 3.70. The van der Waals surface area contributed by atoms with Crippen molar-refractivity contribution in [1.82, 2.24) is 5.32 Å². The van der Waals surface area contributed by atoms with E-state index >= 15 is 0 Å². The van der Waals surface area contributed by atoms with Crippen LogP contribution in [0.15, 0.2) is 24.3 Å². The number of carbonyl (C=O) groups excluding carboxylic acids is 1. The summed E-state index contributed by atoms with van der Waals surface area (Å²) in [7, 11) is 0. The van der Waals surface area contributed by atoms with E-state index in [-0.39, 0.29) is 23.2 Å². The van der Waals surface area contributed by atoms with Crippen LogP contribution in [0.4, 0.5) is 4.39 Å². The fraction of sp³-hybridized carbons (Fsp3) is 0.500. The summed E-state index contributed by atoms with van der Waals surface area (Å²) in [5.41, 5.74) is 0.0815. The lowest BCUT2D eigenvalue weighted by Gasteiger charge is -2.22. The Morgan fingerprint density at radius 3 is 2.74 bits per heavy atom. The van der Waals surface area contributed by atoms with E-state index < -0.39 is 5.60 Å². The molecular formula is C14H18FNO2S. The van der Waals surface area contributed by atoms with Crippen molar-refractivity contribution < 1.29 is 13.9 Å². The zero-order valence-electron chi connectivity index (χ0n) is 11.3. The quantitative estimate of drug-likeness (QED) is 0.847. The fourth-order valence-corrected chi connectivity index (χ4v) is 3.10. The molecule has 104 valence electrons. The highest BCUT2D eigenvalue weighted by molar-refractivity contribution is 7.99. The summed E-state index contributed by atoms with van der Waals surface area (Å²) >= 11 is 1.52. The zero-order valence-corrected chi connectivity index (χ0v) is 12.1. The van der Waals surface area contributed by atoms with Gasteiger partial charge in [-0.05, 0) is 26.8 Å². The minimum absolute atomic E-state index is 0.196. The van der Waals surface area contributed by atoms with Crippen LogP contribution in [-0.4, -0.2) is 23.4 Å². The van der Waals surface area contributed by atoms with Crippen LogP contribution in [0.2, 0.25) is 0 Å². The van der Waals surface area contributed by atoms with Crippen LogP contribution >= 0.6 is 11.8 Å². The third-order valence-electron chi connectivity index (χ3n) is 2.66. The summed E-state index contributed by atoms with van der Waals surface area (Å²) in [5, 5.41) is 2.92. The number of nitrogens with one attached hydrogen (secondary N) is 1. The molecule has 0 aliphatic carbocycles. The third-order valence-corrected chi connectivity index (χ3v) is 3.91. The van der Waals surface area contributed by atoms with E-state index in [0.29, 0.717) is 11.3 Å². The Kier molecular flexibility index (Phi) is 4.16. The van der Waals surface area contributed by atoms with E-state index in [1.807, 2.05) is 20.8 Å². The van der Waals surface area contributed by atoms with Crippen LogP contribution < -0.4 is 5.32 Å². The average Bonchev–Trinajstić information content (AvgIpc) is 2.76. The van der Waals surface area contributed by atoms with E-state index in [1.165, 1.54) is 17.8 Å². The minimum atomic E-state index is -0.500. The maximum absolute atomic E-state index is 13.7. The topological polar surface area (TPSA) is 38.3 Å². The second-order valence-corrected chi connectivity index (χ2v) is 6.63. The van der Waals surface area contributed by atoms with Gasteiger partial charge >= 0.3 is 5.97 Å². The maximum Gasteiger partial charge on any atom is 0.324 e. The first-order valence-electron chi connectivity index (χ1n) is 6.22. The van der Waals surface area contributed by atoms with Gasteiger partial charge in [0.15, 0.2) is 0 Å². The molecule has 0 saturated carbocycles. The van der Waals surface area contributed by atoms with Crippen molar-refractivity contribution in [2.75, 3.05) is 5.75 Å². The first-order valence-corrected chi connectivity index (χ1v) is 7.26. The molecule has 2 atom stereocenters. The highest BCUT2D eigenvalue weighted by Crippen LogP contribution is 2.34. The van der Waals surface area contributed by atoms with Crippen molar-refractivity contribution in [1.29, 1.82) is 0 Å². The summed E-state index contributed by atoms with van der Waals surface area (Å²) in [6.07, 6.45) is 0. The van der Waals surface area contributed by atoms with Gasteiger partial charge in [0.2, 0.25) is 0 Å². The molecule has 1 saturated heterocycles. The minimum Gasteiger partial charge on any atom is -0.459 e. The van der Waals surface area contributed by atoms with Gasteiger partial charge in [0, 0.05) is 11.3 Å². The molecule has 0 radical (unpaired) electrons. The van der Waals surface area contributed by atoms with E-state index in [4.69, 9.17) is 4.74 Å². The molecule has 2 rings (SSSR count). The van der Waals surface area contributed by atoms with E-state index in [9.17, 15) is 9.18 Å². The molecular weight excluding hydrogens is 265 g/mol. The number of thioether (sulfide) groups is 1. The van der Waals surface area contributed by atoms with Crippen molar-refractivity contribution in [2.24, 2.45) is 0 Å². The maximum atomic E-state index is 13.7. The number of esters is 1. The predicted molar refractivity (Wildman–Crippen MR) is 74.4 cm³/mol. The van der Waals surface area contributed by atoms with Crippen molar-refractivity contribution >= 4 is 17.7 Å². The van der Waals surface area contributed by atoms with Gasteiger partial charge in [0.25, 0.3) is 0 Å². The number of hydrogen-bond donors (Lipinski definition) is 1. The monoisotopic (exact) mass is 283 g/mol. The van der Waals surface area contributed by atoms with E-state index in [1.54, 1.807) is 18.2 Å². The standard InChI is InChI=1S/C14H18FNO2S/c1-14(2,3)18-13(17)11-8-19-12(16-11)9-6-4-5-7-10(9)15/h4-7,11-12,16H,8H2,1-3H3/t11-,12+/m0/s1. The Labute approximate surface area is 116 Å². The van der Waals surface area contributed by atoms with Gasteiger partial charge in [-0.25, -0.2) is 4.39 Å². The van der Waals surface area contributed by atoms with Gasteiger partial charge in [-0.15, -0.1) is 11.8 Å². The molecule has 1 aliphatic rings. The van der Waals surface area contributed by atoms with Crippen LogP contribution in [-0.2, 0) is 9.53 Å². The van der Waals surface area contributed by atoms with Gasteiger partial charge in [-0.1, -0.05) is 18.2 Å². The highest BCUT2D eigenvalue weighted by Gasteiger charge is 2.34. The zero-order chi connectivity index (χ0) is 14.0. The normalized spacial score (nSPS) is 23.4. The Bertz CT molecular complexity index is 473. The summed E-state index contributed by atoms with van der Waals surface area (Å²) in [5.74, 6) is 0.0599. The first kappa shape index (κ1) is 14.3. The van der Waals surface area contributed by atoms with Crippen molar-refractivity contribution in [2.45, 2.75) is 37.8 Å². The molecule has 5 heteroatoms. The summed E-state index contributed by atoms with van der Waals surface area (Å²) < 4.78 is 19.0. The summed E-state index contributed by atoms with van der Waals surface area (Å²) in [4.78, 5) is 11.9. The molecule has 3 nitrogen and oxygen atoms in total. The lowest BCUT2D eigenvalue weighted by Crippen LogP contribution is -2.39. The van der Waals surface area contributed by atoms with Gasteiger partial charge in [0.05, 0.1) is 5.37 Å². The van der Waals surface area contributed by atoms with E-state index in [2.05, 4.69) is 5.32 Å². The Morgan fingerprint density at radius 1 is 1.42 bits per heavy atom. The first-order chi connectivity index (χ1) is 8.87. The molecule has 1 aliphatic heterocycles. The van der Waals surface area contributed by atoms with Gasteiger partial charge in [0.1, 0.15) is 17.5 Å². The molecule has 0 amide bonds. The largest absolute Gasteiger partial charge is 0.459 e. The van der Waals surface area contributed by atoms with Crippen LogP contribution in [0.3, 0.4) is 0 Å². The lowest BCUT2D eigenvalue weighted by atomic mass is 10.2. The second kappa shape index (κ2) is 5.51. The summed E-state index contributed by atoms with van der Waals surface area (Å²) in [6.45, 7) is 5.50. The van der Waals surface area contributed by atoms with Gasteiger partial charge in [-0.2, -0.15) is 0 Å². The van der Waals surface area contributed by atoms with Gasteiger partial charge in [-0.3, -0.25) is 10.1 Å². The molecule has 0 unspecified atom stereocenters. The second-order valence-electron chi connectivity index (χ2n) is 5.49. The van der Waals surface area contributed by atoms with E-state index in [0.717, 1.165) is 0 Å². The number of benzene rings is 1. The van der Waals surface area contributed by atoms with Crippen LogP contribution in [0.25, 0.3) is 0 Å². The Morgan fingerprint density at radius 2 is 2.11 bits per heavy atom. The molecule has 1 aromatic carbocycles. The van der Waals surface area contributed by atoms with Crippen molar-refractivity contribution in [3.8, 4) is 0 Å². The summed E-state index contributed by atoms with van der Waals surface area (Å²) in [6, 6.07) is 6.23. The smallest absolute Gasteiger partial charge is 0.324 e. The number of ether oxygens (including phenoxy) is 1. The Hall–Kier alpha value is -1.07. The number of carbonyl (C=O) groups is 1. The van der Waals surface area contributed by atoms with Crippen LogP contribution in [0, 0.1) is 5.82 Å². The number of hydrogen-bond acceptors (Lipinski definition) is 4. The molecule has 1 fully saturated rings. The van der Waals surface area contributed by atoms with Crippen LogP contribution in [0.5, 0.6) is 0 Å². The molecule has 1 aromatic rings. The fourth-order valence-electron chi connectivity index (χ4n) is 1.85. The molecule has 1 N–H and O–H groups in total. The van der Waals surface area contributed by atoms with Crippen molar-refractivity contribution in [3.05, 3.63) is 35.6 Å². The molecule has 19 heavy (non-hydrogen) atoms. The van der Waals surface area contributed by atoms with Crippen LogP contribution in [0.1, 0.15) is 31.7 Å². The van der Waals surface area contributed by atoms with Crippen molar-refractivity contribution in [3.63, 3.8) is 0 Å². The van der Waals surface area contributed by atoms with Gasteiger partial charge < -0.3 is 4.74 Å². The molecule has 0 aromatic heterocycles. The molecule has 0 spiro atoms. The molecule has 1 heterocycles. The average molecular weight is 283 g/mol. The SMILES string of the molecule is CC(C)(C)OC(=O)[C@@H]1CS[C@H](c2ccccc2F)N1. The lowest BCUT2D eigenvalue weighted by molar-refractivity contribution is -0.156. The number of halogens is 1. The Balaban J connectivity index is 2.01. The highest BCUT2D eigenvalue weighted by atomic mass is 32.2. The number of rotatable bonds is 2. The predicted octanol–water partition coefficient (Wildman–Crippen LogP) is 2.87.